The number of hydrogen-bond acceptors (Lipinski definition) is 5. The van der Waals surface area contributed by atoms with Gasteiger partial charge in [0.15, 0.2) is 0 Å². The molecular weight excluding hydrogens is 374 g/mol. The summed E-state index contributed by atoms with van der Waals surface area (Å²) >= 11 is 1.62. The topological polar surface area (TPSA) is 69.7 Å². The molecule has 5 rings (SSSR count). The van der Waals surface area contributed by atoms with Crippen LogP contribution in [0.15, 0.2) is 11.4 Å². The minimum atomic E-state index is -0.478. The van der Waals surface area contributed by atoms with Crippen LogP contribution in [0.4, 0.5) is 0 Å². The summed E-state index contributed by atoms with van der Waals surface area (Å²) in [6.45, 7) is 4.97. The number of aryl methyl sites for hydroxylation is 1. The first-order chi connectivity index (χ1) is 13.6. The largest absolute Gasteiger partial charge is 0.338 e. The van der Waals surface area contributed by atoms with Crippen LogP contribution in [-0.2, 0) is 14.4 Å². The molecule has 2 saturated carbocycles. The van der Waals surface area contributed by atoms with Crippen molar-refractivity contribution in [3.8, 4) is 0 Å². The minimum absolute atomic E-state index is 0.0371. The van der Waals surface area contributed by atoms with E-state index >= 15 is 0 Å². The monoisotopic (exact) mass is 401 g/mol. The predicted octanol–water partition coefficient (Wildman–Crippen LogP) is 1.75. The van der Waals surface area contributed by atoms with Crippen LogP contribution in [0.3, 0.4) is 0 Å². The molecule has 0 spiro atoms. The van der Waals surface area contributed by atoms with E-state index < -0.39 is 6.04 Å². The summed E-state index contributed by atoms with van der Waals surface area (Å²) in [6.07, 6.45) is 3.07. The second kappa shape index (κ2) is 6.95. The number of ketones is 1. The first-order valence-corrected chi connectivity index (χ1v) is 11.3. The molecule has 4 atom stereocenters. The van der Waals surface area contributed by atoms with Gasteiger partial charge in [0.05, 0.1) is 6.04 Å². The average molecular weight is 402 g/mol. The standard InChI is InChI=1S/C21H27N3O3S/c1-12-6-11-28-19(12)18-16-14(4-5-15(16)25)17(24(18)20(26)13-2-3-13)21(27)23-9-7-22-8-10-23/h6,11,13-14,16-18,22H,2-5,7-10H2,1H3. The molecule has 2 aliphatic heterocycles. The molecule has 0 aromatic carbocycles. The molecule has 2 amide bonds. The highest BCUT2D eigenvalue weighted by molar-refractivity contribution is 7.10. The highest BCUT2D eigenvalue weighted by Gasteiger charge is 2.61. The van der Waals surface area contributed by atoms with Crippen LogP contribution in [0.1, 0.15) is 42.2 Å². The third-order valence-corrected chi connectivity index (χ3v) is 8.02. The van der Waals surface area contributed by atoms with E-state index in [1.54, 1.807) is 11.3 Å². The van der Waals surface area contributed by atoms with Gasteiger partial charge >= 0.3 is 0 Å². The van der Waals surface area contributed by atoms with Crippen molar-refractivity contribution in [3.63, 3.8) is 0 Å². The summed E-state index contributed by atoms with van der Waals surface area (Å²) in [4.78, 5) is 44.8. The number of likely N-dealkylation sites (tertiary alicyclic amines) is 1. The number of nitrogens with one attached hydrogen (secondary N) is 1. The molecule has 0 radical (unpaired) electrons. The molecule has 1 aromatic heterocycles. The Hall–Kier alpha value is -1.73. The minimum Gasteiger partial charge on any atom is -0.338 e. The van der Waals surface area contributed by atoms with Gasteiger partial charge in [-0.2, -0.15) is 0 Å². The maximum absolute atomic E-state index is 13.6. The van der Waals surface area contributed by atoms with Gasteiger partial charge in [0.25, 0.3) is 0 Å². The summed E-state index contributed by atoms with van der Waals surface area (Å²) in [5.41, 5.74) is 1.12. The van der Waals surface area contributed by atoms with Crippen molar-refractivity contribution < 1.29 is 14.4 Å². The number of fused-ring (bicyclic) bond motifs is 1. The van der Waals surface area contributed by atoms with E-state index in [1.807, 2.05) is 22.1 Å². The van der Waals surface area contributed by atoms with E-state index in [4.69, 9.17) is 0 Å². The van der Waals surface area contributed by atoms with Gasteiger partial charge in [-0.25, -0.2) is 0 Å². The Labute approximate surface area is 169 Å². The summed E-state index contributed by atoms with van der Waals surface area (Å²) in [5, 5.41) is 5.32. The third-order valence-electron chi connectivity index (χ3n) is 6.94. The fraction of sp³-hybridized carbons (Fsp3) is 0.667. The second-order valence-corrected chi connectivity index (χ2v) is 9.59. The first-order valence-electron chi connectivity index (χ1n) is 10.5. The highest BCUT2D eigenvalue weighted by atomic mass is 32.1. The van der Waals surface area contributed by atoms with Crippen molar-refractivity contribution in [3.05, 3.63) is 21.9 Å². The summed E-state index contributed by atoms with van der Waals surface area (Å²) in [7, 11) is 0. The zero-order valence-corrected chi connectivity index (χ0v) is 17.0. The normalized spacial score (nSPS) is 32.7. The van der Waals surface area contributed by atoms with Gasteiger partial charge in [0, 0.05) is 55.2 Å². The molecule has 1 N–H and O–H groups in total. The maximum Gasteiger partial charge on any atom is 0.245 e. The molecule has 0 bridgehead atoms. The van der Waals surface area contributed by atoms with E-state index in [-0.39, 0.29) is 41.4 Å². The van der Waals surface area contributed by atoms with Crippen molar-refractivity contribution in [1.82, 2.24) is 15.1 Å². The quantitative estimate of drug-likeness (QED) is 0.838. The van der Waals surface area contributed by atoms with Crippen molar-refractivity contribution in [2.45, 2.75) is 44.7 Å². The number of carbonyl (C=O) groups is 3. The SMILES string of the molecule is Cc1ccsc1C1C2C(=O)CCC2C(C(=O)N2CCNCC2)N1C(=O)C1CC1. The molecule has 2 aliphatic carbocycles. The van der Waals surface area contributed by atoms with Crippen LogP contribution in [0.5, 0.6) is 0 Å². The van der Waals surface area contributed by atoms with Crippen molar-refractivity contribution >= 4 is 28.9 Å². The predicted molar refractivity (Wildman–Crippen MR) is 106 cm³/mol. The lowest BCUT2D eigenvalue weighted by molar-refractivity contribution is -0.148. The van der Waals surface area contributed by atoms with Crippen LogP contribution in [0, 0.1) is 24.7 Å². The van der Waals surface area contributed by atoms with Crippen LogP contribution in [0.2, 0.25) is 0 Å². The van der Waals surface area contributed by atoms with Gasteiger partial charge in [0.1, 0.15) is 11.8 Å². The van der Waals surface area contributed by atoms with Gasteiger partial charge in [-0.3, -0.25) is 14.4 Å². The van der Waals surface area contributed by atoms with Crippen LogP contribution in [0.25, 0.3) is 0 Å². The van der Waals surface area contributed by atoms with E-state index in [2.05, 4.69) is 11.4 Å². The summed E-state index contributed by atoms with van der Waals surface area (Å²) in [5.74, 6) is 0.147. The molecule has 4 aliphatic rings. The second-order valence-electron chi connectivity index (χ2n) is 8.65. The fourth-order valence-electron chi connectivity index (χ4n) is 5.38. The van der Waals surface area contributed by atoms with Crippen molar-refractivity contribution in [2.24, 2.45) is 17.8 Å². The Balaban J connectivity index is 1.57. The summed E-state index contributed by atoms with van der Waals surface area (Å²) < 4.78 is 0. The van der Waals surface area contributed by atoms with E-state index in [9.17, 15) is 14.4 Å². The zero-order chi connectivity index (χ0) is 19.4. The Morgan fingerprint density at radius 3 is 2.54 bits per heavy atom. The smallest absolute Gasteiger partial charge is 0.245 e. The van der Waals surface area contributed by atoms with Gasteiger partial charge in [0.2, 0.25) is 11.8 Å². The maximum atomic E-state index is 13.6. The summed E-state index contributed by atoms with van der Waals surface area (Å²) in [6, 6.07) is 1.32. The molecule has 150 valence electrons. The Bertz CT molecular complexity index is 812. The number of hydrogen-bond donors (Lipinski definition) is 1. The average Bonchev–Trinajstić information content (AvgIpc) is 3.25. The van der Waals surface area contributed by atoms with Crippen molar-refractivity contribution in [1.29, 1.82) is 0 Å². The molecule has 4 fully saturated rings. The third kappa shape index (κ3) is 2.82. The van der Waals surface area contributed by atoms with Gasteiger partial charge in [-0.05, 0) is 43.2 Å². The lowest BCUT2D eigenvalue weighted by Crippen LogP contribution is -2.55. The Kier molecular flexibility index (Phi) is 4.55. The molecular formula is C21H27N3O3S. The Morgan fingerprint density at radius 1 is 1.14 bits per heavy atom. The van der Waals surface area contributed by atoms with Crippen LogP contribution >= 0.6 is 11.3 Å². The highest BCUT2D eigenvalue weighted by Crippen LogP contribution is 2.54. The number of Topliss-reactive ketones (excluding diaryl/α,β-unsaturated/α-hetero) is 1. The number of thiophene rings is 1. The van der Waals surface area contributed by atoms with Crippen molar-refractivity contribution in [2.75, 3.05) is 26.2 Å². The van der Waals surface area contributed by atoms with E-state index in [0.29, 0.717) is 19.5 Å². The molecule has 7 heteroatoms. The number of piperazine rings is 1. The zero-order valence-electron chi connectivity index (χ0n) is 16.2. The molecule has 4 unspecified atom stereocenters. The molecule has 1 aromatic rings. The molecule has 28 heavy (non-hydrogen) atoms. The number of nitrogens with zero attached hydrogens (tertiary/aromatic N) is 2. The molecule has 3 heterocycles. The molecule has 2 saturated heterocycles. The first kappa shape index (κ1) is 18.3. The van der Waals surface area contributed by atoms with Gasteiger partial charge in [-0.15, -0.1) is 11.3 Å². The lowest BCUT2D eigenvalue weighted by atomic mass is 9.88. The van der Waals surface area contributed by atoms with E-state index in [0.717, 1.165) is 42.8 Å². The van der Waals surface area contributed by atoms with E-state index in [1.165, 1.54) is 0 Å². The van der Waals surface area contributed by atoms with Crippen LogP contribution < -0.4 is 5.32 Å². The molecule has 6 nitrogen and oxygen atoms in total. The van der Waals surface area contributed by atoms with Gasteiger partial charge < -0.3 is 15.1 Å². The lowest BCUT2D eigenvalue weighted by Gasteiger charge is -2.36. The fourth-order valence-corrected chi connectivity index (χ4v) is 6.45. The van der Waals surface area contributed by atoms with Gasteiger partial charge in [-0.1, -0.05) is 0 Å². The van der Waals surface area contributed by atoms with Crippen LogP contribution in [-0.4, -0.2) is 59.6 Å². The number of rotatable bonds is 3. The Morgan fingerprint density at radius 2 is 1.89 bits per heavy atom. The number of carbonyl (C=O) groups excluding carboxylic acids is 3. The number of amides is 2.